The molecule has 0 saturated heterocycles. The molecule has 0 fully saturated rings. The highest BCUT2D eigenvalue weighted by Crippen LogP contribution is 2.23. The maximum absolute atomic E-state index is 13.6. The predicted molar refractivity (Wildman–Crippen MR) is 151 cm³/mol. The Bertz CT molecular complexity index is 1130. The summed E-state index contributed by atoms with van der Waals surface area (Å²) in [5.74, 6) is 0.378. The van der Waals surface area contributed by atoms with Gasteiger partial charge in [-0.1, -0.05) is 72.6 Å². The monoisotopic (exact) mass is 542 g/mol. The summed E-state index contributed by atoms with van der Waals surface area (Å²) in [6.07, 6.45) is 1.54. The maximum atomic E-state index is 13.6. The zero-order valence-electron chi connectivity index (χ0n) is 20.6. The molecule has 0 heterocycles. The highest BCUT2D eigenvalue weighted by Gasteiger charge is 2.30. The average molecular weight is 544 g/mol. The second-order valence-corrected chi connectivity index (χ2v) is 10.8. The summed E-state index contributed by atoms with van der Waals surface area (Å²) in [7, 11) is 0. The van der Waals surface area contributed by atoms with Crippen molar-refractivity contribution >= 4 is 46.8 Å². The number of halogens is 2. The number of thioether (sulfide) groups is 1. The third-order valence-electron chi connectivity index (χ3n) is 5.91. The van der Waals surface area contributed by atoms with E-state index in [4.69, 9.17) is 23.2 Å². The molecule has 7 heteroatoms. The number of benzene rings is 3. The van der Waals surface area contributed by atoms with E-state index < -0.39 is 6.04 Å². The van der Waals surface area contributed by atoms with Crippen LogP contribution in [0.25, 0.3) is 0 Å². The van der Waals surface area contributed by atoms with Gasteiger partial charge in [0.1, 0.15) is 6.04 Å². The van der Waals surface area contributed by atoms with Gasteiger partial charge in [-0.3, -0.25) is 9.59 Å². The van der Waals surface area contributed by atoms with E-state index in [1.165, 1.54) is 0 Å². The second-order valence-electron chi connectivity index (χ2n) is 8.73. The summed E-state index contributed by atoms with van der Waals surface area (Å²) >= 11 is 13.8. The molecule has 2 atom stereocenters. The number of hydrogen-bond acceptors (Lipinski definition) is 3. The maximum Gasteiger partial charge on any atom is 0.243 e. The van der Waals surface area contributed by atoms with E-state index in [-0.39, 0.29) is 17.9 Å². The van der Waals surface area contributed by atoms with Crippen LogP contribution in [0.15, 0.2) is 83.8 Å². The molecule has 3 aromatic carbocycles. The Hall–Kier alpha value is -2.47. The van der Waals surface area contributed by atoms with Gasteiger partial charge in [-0.2, -0.15) is 0 Å². The first-order valence-electron chi connectivity index (χ1n) is 12.1. The molecule has 0 aliphatic heterocycles. The van der Waals surface area contributed by atoms with Gasteiger partial charge >= 0.3 is 0 Å². The molecule has 36 heavy (non-hydrogen) atoms. The first-order valence-corrected chi connectivity index (χ1v) is 13.9. The number of carbonyl (C=O) groups excluding carboxylic acids is 2. The lowest BCUT2D eigenvalue weighted by atomic mass is 10.0. The molecule has 2 amide bonds. The molecule has 3 aromatic rings. The van der Waals surface area contributed by atoms with Gasteiger partial charge in [0.05, 0.1) is 0 Å². The average Bonchev–Trinajstić information content (AvgIpc) is 2.87. The molecule has 1 N–H and O–H groups in total. The summed E-state index contributed by atoms with van der Waals surface area (Å²) in [5.41, 5.74) is 1.89. The molecule has 0 aliphatic rings. The van der Waals surface area contributed by atoms with E-state index >= 15 is 0 Å². The summed E-state index contributed by atoms with van der Waals surface area (Å²) in [4.78, 5) is 29.9. The highest BCUT2D eigenvalue weighted by atomic mass is 35.5. The number of carbonyl (C=O) groups is 2. The van der Waals surface area contributed by atoms with Crippen molar-refractivity contribution in [2.24, 2.45) is 0 Å². The molecule has 190 valence electrons. The van der Waals surface area contributed by atoms with Crippen LogP contribution >= 0.6 is 35.0 Å². The number of rotatable bonds is 12. The molecule has 0 saturated carbocycles. The van der Waals surface area contributed by atoms with Crippen molar-refractivity contribution < 1.29 is 9.59 Å². The Morgan fingerprint density at radius 3 is 2.28 bits per heavy atom. The van der Waals surface area contributed by atoms with Crippen molar-refractivity contribution in [2.75, 3.05) is 5.75 Å². The van der Waals surface area contributed by atoms with Gasteiger partial charge < -0.3 is 10.2 Å². The third-order valence-corrected chi connectivity index (χ3v) is 7.41. The van der Waals surface area contributed by atoms with Crippen LogP contribution in [0.3, 0.4) is 0 Å². The first-order chi connectivity index (χ1) is 17.4. The summed E-state index contributed by atoms with van der Waals surface area (Å²) in [6, 6.07) is 24.2. The van der Waals surface area contributed by atoms with Gasteiger partial charge in [0.15, 0.2) is 0 Å². The molecule has 0 radical (unpaired) electrons. The zero-order valence-corrected chi connectivity index (χ0v) is 23.0. The van der Waals surface area contributed by atoms with Crippen LogP contribution < -0.4 is 5.32 Å². The van der Waals surface area contributed by atoms with Gasteiger partial charge in [0, 0.05) is 46.1 Å². The van der Waals surface area contributed by atoms with Gasteiger partial charge in [0.25, 0.3) is 0 Å². The minimum absolute atomic E-state index is 0.0133. The van der Waals surface area contributed by atoms with E-state index in [1.807, 2.05) is 86.6 Å². The summed E-state index contributed by atoms with van der Waals surface area (Å²) in [6.45, 7) is 4.31. The smallest absolute Gasteiger partial charge is 0.243 e. The van der Waals surface area contributed by atoms with Crippen LogP contribution in [0.5, 0.6) is 0 Å². The van der Waals surface area contributed by atoms with Crippen molar-refractivity contribution in [1.29, 1.82) is 0 Å². The highest BCUT2D eigenvalue weighted by molar-refractivity contribution is 7.99. The zero-order chi connectivity index (χ0) is 25.9. The van der Waals surface area contributed by atoms with E-state index in [9.17, 15) is 9.59 Å². The van der Waals surface area contributed by atoms with E-state index in [1.54, 1.807) is 22.7 Å². The fourth-order valence-electron chi connectivity index (χ4n) is 3.76. The Kier molecular flexibility index (Phi) is 11.2. The second kappa shape index (κ2) is 14.3. The van der Waals surface area contributed by atoms with Crippen molar-refractivity contribution in [2.45, 2.75) is 56.6 Å². The molecular formula is C29H32Cl2N2O2S. The predicted octanol–water partition coefficient (Wildman–Crippen LogP) is 7.03. The van der Waals surface area contributed by atoms with Crippen LogP contribution in [0, 0.1) is 0 Å². The van der Waals surface area contributed by atoms with Crippen LogP contribution in [0.2, 0.25) is 10.0 Å². The van der Waals surface area contributed by atoms with E-state index in [0.29, 0.717) is 35.2 Å². The Morgan fingerprint density at radius 2 is 1.61 bits per heavy atom. The normalized spacial score (nSPS) is 12.6. The third kappa shape index (κ3) is 8.88. The van der Waals surface area contributed by atoms with Crippen molar-refractivity contribution in [3.63, 3.8) is 0 Å². The molecule has 0 aliphatic carbocycles. The van der Waals surface area contributed by atoms with Gasteiger partial charge in [0.2, 0.25) is 11.8 Å². The van der Waals surface area contributed by atoms with E-state index in [2.05, 4.69) is 5.32 Å². The largest absolute Gasteiger partial charge is 0.352 e. The van der Waals surface area contributed by atoms with Crippen molar-refractivity contribution in [1.82, 2.24) is 10.2 Å². The lowest BCUT2D eigenvalue weighted by Gasteiger charge is -2.32. The van der Waals surface area contributed by atoms with Crippen LogP contribution in [0.1, 0.15) is 37.8 Å². The SMILES string of the molecule is CC[C@H](C)NC(=O)[C@H](Cc1ccccc1)N(Cc1cccc(Cl)c1)C(=O)CCSc1ccc(Cl)cc1. The first kappa shape index (κ1) is 28.1. The minimum Gasteiger partial charge on any atom is -0.352 e. The molecule has 0 spiro atoms. The Balaban J connectivity index is 1.85. The minimum atomic E-state index is -0.645. The van der Waals surface area contributed by atoms with Gasteiger partial charge in [-0.25, -0.2) is 0 Å². The summed E-state index contributed by atoms with van der Waals surface area (Å²) < 4.78 is 0. The molecule has 0 unspecified atom stereocenters. The molecule has 3 rings (SSSR count). The van der Waals surface area contributed by atoms with Crippen molar-refractivity contribution in [3.8, 4) is 0 Å². The molecule has 4 nitrogen and oxygen atoms in total. The van der Waals surface area contributed by atoms with E-state index in [0.717, 1.165) is 22.4 Å². The number of nitrogens with zero attached hydrogens (tertiary/aromatic N) is 1. The van der Waals surface area contributed by atoms with Gasteiger partial charge in [-0.05, 0) is 60.9 Å². The fraction of sp³-hybridized carbons (Fsp3) is 0.310. The van der Waals surface area contributed by atoms with Crippen LogP contribution in [0.4, 0.5) is 0 Å². The summed E-state index contributed by atoms with van der Waals surface area (Å²) in [5, 5.41) is 4.37. The number of hydrogen-bond donors (Lipinski definition) is 1. The molecule has 0 bridgehead atoms. The molecule has 0 aromatic heterocycles. The van der Waals surface area contributed by atoms with Crippen LogP contribution in [-0.4, -0.2) is 34.6 Å². The lowest BCUT2D eigenvalue weighted by Crippen LogP contribution is -2.52. The van der Waals surface area contributed by atoms with Crippen molar-refractivity contribution in [3.05, 3.63) is 100 Å². The van der Waals surface area contributed by atoms with Crippen LogP contribution in [-0.2, 0) is 22.6 Å². The molecular weight excluding hydrogens is 511 g/mol. The fourth-order valence-corrected chi connectivity index (χ4v) is 4.94. The standard InChI is InChI=1S/C29H32Cl2N2O2S/c1-3-21(2)32-29(35)27(19-22-8-5-4-6-9-22)33(20-23-10-7-11-25(31)18-23)28(34)16-17-36-26-14-12-24(30)13-15-26/h4-15,18,21,27H,3,16-17,19-20H2,1-2H3,(H,32,35)/t21-,27-/m0/s1. The van der Waals surface area contributed by atoms with Gasteiger partial charge in [-0.15, -0.1) is 11.8 Å². The Morgan fingerprint density at radius 1 is 0.917 bits per heavy atom. The topological polar surface area (TPSA) is 49.4 Å². The lowest BCUT2D eigenvalue weighted by molar-refractivity contribution is -0.141. The number of nitrogens with one attached hydrogen (secondary N) is 1. The number of amides is 2. The Labute approximate surface area is 228 Å². The quantitative estimate of drug-likeness (QED) is 0.250.